The van der Waals surface area contributed by atoms with Crippen LogP contribution in [0.5, 0.6) is 0 Å². The van der Waals surface area contributed by atoms with Gasteiger partial charge in [0.2, 0.25) is 11.9 Å². The van der Waals surface area contributed by atoms with Crippen LogP contribution in [0.15, 0.2) is 6.33 Å². The Balaban J connectivity index is 2.26. The largest absolute Gasteiger partial charge is 0.465 e. The molecule has 0 saturated carbocycles. The molecule has 1 heterocycles. The first-order valence-corrected chi connectivity index (χ1v) is 11.3. The number of carbonyl (C=O) groups excluding carboxylic acids is 2. The summed E-state index contributed by atoms with van der Waals surface area (Å²) in [6.45, 7) is 8.35. The van der Waals surface area contributed by atoms with Crippen LogP contribution in [0.2, 0.25) is 0 Å². The summed E-state index contributed by atoms with van der Waals surface area (Å²) in [5, 5.41) is 8.98. The Morgan fingerprint density at radius 2 is 1.72 bits per heavy atom. The van der Waals surface area contributed by atoms with Crippen molar-refractivity contribution in [2.45, 2.75) is 98.3 Å². The van der Waals surface area contributed by atoms with Crippen molar-refractivity contribution < 1.29 is 14.3 Å². The van der Waals surface area contributed by atoms with Crippen LogP contribution in [0.4, 0.5) is 5.95 Å². The number of amides is 1. The maximum absolute atomic E-state index is 12.6. The lowest BCUT2D eigenvalue weighted by Gasteiger charge is -2.28. The molecule has 0 fully saturated rings. The third-order valence-electron chi connectivity index (χ3n) is 5.62. The van der Waals surface area contributed by atoms with E-state index >= 15 is 0 Å². The molecule has 1 amide bonds. The number of carbonyl (C=O) groups is 2. The van der Waals surface area contributed by atoms with E-state index in [4.69, 9.17) is 4.74 Å². The highest BCUT2D eigenvalue weighted by Gasteiger charge is 2.36. The highest BCUT2D eigenvalue weighted by Crippen LogP contribution is 2.32. The summed E-state index contributed by atoms with van der Waals surface area (Å²) in [5.74, 6) is -0.426. The first kappa shape index (κ1) is 25.1. The average Bonchev–Trinajstić information content (AvgIpc) is 3.22. The van der Waals surface area contributed by atoms with Gasteiger partial charge < -0.3 is 4.74 Å². The van der Waals surface area contributed by atoms with Gasteiger partial charge in [0.25, 0.3) is 0 Å². The molecule has 0 aliphatic heterocycles. The third kappa shape index (κ3) is 9.90. The number of nitrogens with one attached hydrogen (secondary N) is 2. The van der Waals surface area contributed by atoms with E-state index in [-0.39, 0.29) is 17.8 Å². The summed E-state index contributed by atoms with van der Waals surface area (Å²) in [6, 6.07) is 0. The van der Waals surface area contributed by atoms with Gasteiger partial charge >= 0.3 is 5.97 Å². The van der Waals surface area contributed by atoms with Crippen molar-refractivity contribution in [3.05, 3.63) is 6.33 Å². The van der Waals surface area contributed by atoms with E-state index in [1.165, 1.54) is 51.3 Å². The number of aromatic nitrogens is 3. The number of nitrogens with zero attached hydrogens (tertiary/aromatic N) is 2. The topological polar surface area (TPSA) is 97.0 Å². The van der Waals surface area contributed by atoms with Gasteiger partial charge in [0.15, 0.2) is 0 Å². The fourth-order valence-corrected chi connectivity index (χ4v) is 3.40. The minimum Gasteiger partial charge on any atom is -0.465 e. The standard InChI is InChI=1S/C22H40N4O3/c1-5-7-8-9-10-11-12-13-14-15-29-20(28)22(4,6-2)16-18(3)19(27)25-21-23-17-24-26-21/h17-18H,5-16H2,1-4H3,(H2,23,24,25,26,27). The maximum Gasteiger partial charge on any atom is 0.311 e. The zero-order chi connectivity index (χ0) is 21.5. The molecular formula is C22H40N4O3. The lowest BCUT2D eigenvalue weighted by Crippen LogP contribution is -2.34. The highest BCUT2D eigenvalue weighted by atomic mass is 16.5. The summed E-state index contributed by atoms with van der Waals surface area (Å²) in [4.78, 5) is 28.8. The van der Waals surface area contributed by atoms with Crippen LogP contribution in [-0.4, -0.2) is 33.7 Å². The van der Waals surface area contributed by atoms with Crippen molar-refractivity contribution in [2.24, 2.45) is 11.3 Å². The lowest BCUT2D eigenvalue weighted by molar-refractivity contribution is -0.156. The summed E-state index contributed by atoms with van der Waals surface area (Å²) in [5.41, 5.74) is -0.669. The molecule has 166 valence electrons. The van der Waals surface area contributed by atoms with E-state index in [1.807, 2.05) is 20.8 Å². The molecule has 0 saturated heterocycles. The first-order valence-electron chi connectivity index (χ1n) is 11.3. The molecule has 7 nitrogen and oxygen atoms in total. The van der Waals surface area contributed by atoms with Crippen molar-refractivity contribution >= 4 is 17.8 Å². The molecule has 0 aliphatic carbocycles. The fourth-order valence-electron chi connectivity index (χ4n) is 3.40. The molecule has 0 aromatic carbocycles. The number of esters is 1. The van der Waals surface area contributed by atoms with Crippen LogP contribution in [0.25, 0.3) is 0 Å². The minimum absolute atomic E-state index is 0.187. The molecule has 2 unspecified atom stereocenters. The maximum atomic E-state index is 12.6. The van der Waals surface area contributed by atoms with Gasteiger partial charge in [-0.25, -0.2) is 5.10 Å². The van der Waals surface area contributed by atoms with Gasteiger partial charge in [0, 0.05) is 5.92 Å². The molecular weight excluding hydrogens is 368 g/mol. The van der Waals surface area contributed by atoms with Gasteiger partial charge in [-0.05, 0) is 26.2 Å². The Morgan fingerprint density at radius 1 is 1.10 bits per heavy atom. The van der Waals surface area contributed by atoms with Crippen LogP contribution >= 0.6 is 0 Å². The van der Waals surface area contributed by atoms with E-state index < -0.39 is 5.41 Å². The number of aromatic amines is 1. The van der Waals surface area contributed by atoms with Gasteiger partial charge in [-0.3, -0.25) is 14.9 Å². The van der Waals surface area contributed by atoms with E-state index in [0.29, 0.717) is 25.4 Å². The number of hydrogen-bond acceptors (Lipinski definition) is 5. The summed E-state index contributed by atoms with van der Waals surface area (Å²) >= 11 is 0. The van der Waals surface area contributed by atoms with E-state index in [9.17, 15) is 9.59 Å². The third-order valence-corrected chi connectivity index (χ3v) is 5.62. The van der Waals surface area contributed by atoms with Crippen LogP contribution in [0.1, 0.15) is 98.3 Å². The molecule has 1 rings (SSSR count). The Bertz CT molecular complexity index is 577. The van der Waals surface area contributed by atoms with Crippen molar-refractivity contribution in [3.63, 3.8) is 0 Å². The quantitative estimate of drug-likeness (QED) is 0.287. The van der Waals surface area contributed by atoms with Crippen LogP contribution in [0, 0.1) is 11.3 Å². The van der Waals surface area contributed by atoms with Gasteiger partial charge in [-0.15, -0.1) is 0 Å². The number of H-pyrrole nitrogens is 1. The van der Waals surface area contributed by atoms with Gasteiger partial charge in [-0.2, -0.15) is 10.1 Å². The minimum atomic E-state index is -0.669. The Hall–Kier alpha value is -1.92. The molecule has 0 aliphatic rings. The summed E-state index contributed by atoms with van der Waals surface area (Å²) < 4.78 is 5.55. The molecule has 29 heavy (non-hydrogen) atoms. The second-order valence-electron chi connectivity index (χ2n) is 8.31. The van der Waals surface area contributed by atoms with Crippen molar-refractivity contribution in [3.8, 4) is 0 Å². The smallest absolute Gasteiger partial charge is 0.311 e. The van der Waals surface area contributed by atoms with E-state index in [0.717, 1.165) is 12.8 Å². The molecule has 2 N–H and O–H groups in total. The van der Waals surface area contributed by atoms with Gasteiger partial charge in [0.1, 0.15) is 6.33 Å². The zero-order valence-corrected chi connectivity index (χ0v) is 18.8. The number of anilines is 1. The van der Waals surface area contributed by atoms with Crippen molar-refractivity contribution in [2.75, 3.05) is 11.9 Å². The Morgan fingerprint density at radius 3 is 2.28 bits per heavy atom. The van der Waals surface area contributed by atoms with Crippen molar-refractivity contribution in [1.82, 2.24) is 15.2 Å². The van der Waals surface area contributed by atoms with Gasteiger partial charge in [-0.1, -0.05) is 72.1 Å². The number of hydrogen-bond donors (Lipinski definition) is 2. The molecule has 2 atom stereocenters. The second-order valence-corrected chi connectivity index (χ2v) is 8.31. The van der Waals surface area contributed by atoms with Crippen LogP contribution in [0.3, 0.4) is 0 Å². The summed E-state index contributed by atoms with van der Waals surface area (Å²) in [6.07, 6.45) is 13.5. The molecule has 1 aromatic rings. The SMILES string of the molecule is CCCCCCCCCCCOC(=O)C(C)(CC)CC(C)C(=O)Nc1ncn[nH]1. The summed E-state index contributed by atoms with van der Waals surface area (Å²) in [7, 11) is 0. The Labute approximate surface area is 175 Å². The van der Waals surface area contributed by atoms with Crippen LogP contribution in [-0.2, 0) is 14.3 Å². The van der Waals surface area contributed by atoms with Crippen molar-refractivity contribution in [1.29, 1.82) is 0 Å². The number of unbranched alkanes of at least 4 members (excludes halogenated alkanes) is 8. The van der Waals surface area contributed by atoms with E-state index in [1.54, 1.807) is 0 Å². The van der Waals surface area contributed by atoms with Gasteiger partial charge in [0.05, 0.1) is 12.0 Å². The number of rotatable bonds is 16. The van der Waals surface area contributed by atoms with E-state index in [2.05, 4.69) is 27.4 Å². The molecule has 0 bridgehead atoms. The monoisotopic (exact) mass is 408 g/mol. The second kappa shape index (κ2) is 14.1. The molecule has 0 spiro atoms. The molecule has 0 radical (unpaired) electrons. The number of ether oxygens (including phenoxy) is 1. The predicted molar refractivity (Wildman–Crippen MR) is 115 cm³/mol. The average molecular weight is 409 g/mol. The Kier molecular flexibility index (Phi) is 12.2. The molecule has 7 heteroatoms. The lowest BCUT2D eigenvalue weighted by atomic mass is 9.79. The normalized spacial score (nSPS) is 14.2. The predicted octanol–water partition coefficient (Wildman–Crippen LogP) is 5.26. The fraction of sp³-hybridized carbons (Fsp3) is 0.818. The first-order chi connectivity index (χ1) is 13.9. The molecule has 1 aromatic heterocycles. The highest BCUT2D eigenvalue weighted by molar-refractivity contribution is 5.91. The zero-order valence-electron chi connectivity index (χ0n) is 18.8. The van der Waals surface area contributed by atoms with Crippen LogP contribution < -0.4 is 5.32 Å².